The summed E-state index contributed by atoms with van der Waals surface area (Å²) in [7, 11) is 0. The van der Waals surface area contributed by atoms with Crippen molar-refractivity contribution in [2.45, 2.75) is 212 Å². The topological polar surface area (TPSA) is 95.9 Å². The number of ether oxygens (including phenoxy) is 1. The molecule has 0 aromatic carbocycles. The molecule has 0 aliphatic carbocycles. The van der Waals surface area contributed by atoms with Crippen molar-refractivity contribution in [3.05, 3.63) is 97.2 Å². The number of hydrogen-bond acceptors (Lipinski definition) is 5. The molecule has 0 aliphatic heterocycles. The van der Waals surface area contributed by atoms with Crippen molar-refractivity contribution in [3.8, 4) is 0 Å². The van der Waals surface area contributed by atoms with E-state index >= 15 is 0 Å². The lowest BCUT2D eigenvalue weighted by Crippen LogP contribution is -2.46. The molecule has 0 spiro atoms. The summed E-state index contributed by atoms with van der Waals surface area (Å²) in [6, 6.07) is -0.737. The first-order chi connectivity index (χ1) is 28.5. The predicted molar refractivity (Wildman–Crippen MR) is 250 cm³/mol. The summed E-state index contributed by atoms with van der Waals surface area (Å²) in [6.45, 7) is 6.24. The summed E-state index contributed by atoms with van der Waals surface area (Å²) in [6.07, 6.45) is 59.0. The SMILES string of the molecule is CC/C=C/C=C/C=C\C=C/CCCC(CC(=O)NC(CO)C(O)CCCCCCCCCCCCC)OC(=O)CCC/C=C\C/C=C\C/C=C\C/C=C\CCCCC. The summed E-state index contributed by atoms with van der Waals surface area (Å²) in [5.41, 5.74) is 0. The highest BCUT2D eigenvalue weighted by atomic mass is 16.5. The number of esters is 1. The fourth-order valence-electron chi connectivity index (χ4n) is 6.44. The molecule has 0 rings (SSSR count). The number of carbonyl (C=O) groups is 2. The monoisotopic (exact) mass is 806 g/mol. The summed E-state index contributed by atoms with van der Waals surface area (Å²) in [4.78, 5) is 26.0. The van der Waals surface area contributed by atoms with Crippen LogP contribution < -0.4 is 5.32 Å². The van der Waals surface area contributed by atoms with Crippen LogP contribution in [-0.4, -0.2) is 46.9 Å². The largest absolute Gasteiger partial charge is 0.462 e. The quantitative estimate of drug-likeness (QED) is 0.0248. The van der Waals surface area contributed by atoms with E-state index in [1.165, 1.54) is 77.0 Å². The number of carbonyl (C=O) groups excluding carboxylic acids is 2. The van der Waals surface area contributed by atoms with E-state index in [1.54, 1.807) is 0 Å². The highest BCUT2D eigenvalue weighted by Gasteiger charge is 2.23. The van der Waals surface area contributed by atoms with Crippen molar-refractivity contribution in [3.63, 3.8) is 0 Å². The molecule has 58 heavy (non-hydrogen) atoms. The Morgan fingerprint density at radius 1 is 0.534 bits per heavy atom. The molecule has 0 fully saturated rings. The predicted octanol–water partition coefficient (Wildman–Crippen LogP) is 13.8. The molecule has 3 N–H and O–H groups in total. The molecule has 3 unspecified atom stereocenters. The van der Waals surface area contributed by atoms with Crippen LogP contribution in [0.1, 0.15) is 194 Å². The fraction of sp³-hybridized carbons (Fsp3) is 0.654. The maximum atomic E-state index is 13.1. The normalized spacial score (nSPS) is 14.2. The Bertz CT molecular complexity index is 1180. The summed E-state index contributed by atoms with van der Waals surface area (Å²) in [5.74, 6) is -0.621. The number of unbranched alkanes of at least 4 members (excludes halogenated alkanes) is 15. The zero-order valence-electron chi connectivity index (χ0n) is 37.4. The van der Waals surface area contributed by atoms with Crippen LogP contribution in [0.25, 0.3) is 0 Å². The van der Waals surface area contributed by atoms with Crippen LogP contribution in [0.5, 0.6) is 0 Å². The number of allylic oxidation sites excluding steroid dienone is 16. The minimum atomic E-state index is -0.818. The van der Waals surface area contributed by atoms with Gasteiger partial charge in [0.1, 0.15) is 6.10 Å². The Morgan fingerprint density at radius 2 is 1.02 bits per heavy atom. The van der Waals surface area contributed by atoms with E-state index in [9.17, 15) is 19.8 Å². The van der Waals surface area contributed by atoms with Crippen molar-refractivity contribution in [1.29, 1.82) is 0 Å². The standard InChI is InChI=1S/C52H87NO5/c1-4-7-10-13-16-19-22-23-24-25-26-27-30-33-36-39-42-45-52(57)58-48(43-40-37-34-31-28-20-17-14-11-8-5-2)46-51(56)53-49(47-54)50(55)44-41-38-35-32-29-21-18-15-12-9-6-3/h8,11,14,16-17,19-20,23-24,26-28,31,33-34,36,48-50,54-55H,4-7,9-10,12-13,15,18,21-22,25,29-30,32,35,37-47H2,1-3H3,(H,53,56)/b11-8+,17-14+,19-16-,24-23-,27-26-,28-20-,34-31-,36-33-. The zero-order chi connectivity index (χ0) is 42.4. The average Bonchev–Trinajstić information content (AvgIpc) is 3.22. The van der Waals surface area contributed by atoms with Gasteiger partial charge in [0.15, 0.2) is 0 Å². The lowest BCUT2D eigenvalue weighted by molar-refractivity contribution is -0.151. The van der Waals surface area contributed by atoms with E-state index in [-0.39, 0.29) is 24.9 Å². The van der Waals surface area contributed by atoms with Crippen molar-refractivity contribution >= 4 is 11.9 Å². The summed E-state index contributed by atoms with van der Waals surface area (Å²) in [5, 5.41) is 23.6. The molecule has 0 saturated heterocycles. The first-order valence-corrected chi connectivity index (χ1v) is 23.5. The van der Waals surface area contributed by atoms with Crippen LogP contribution >= 0.6 is 0 Å². The number of aliphatic hydroxyl groups is 2. The van der Waals surface area contributed by atoms with Crippen molar-refractivity contribution in [1.82, 2.24) is 5.32 Å². The first kappa shape index (κ1) is 54.8. The van der Waals surface area contributed by atoms with Crippen molar-refractivity contribution < 1.29 is 24.5 Å². The van der Waals surface area contributed by atoms with Crippen LogP contribution in [0, 0.1) is 0 Å². The molecule has 0 radical (unpaired) electrons. The molecule has 0 saturated carbocycles. The van der Waals surface area contributed by atoms with Gasteiger partial charge in [-0.25, -0.2) is 0 Å². The first-order valence-electron chi connectivity index (χ1n) is 23.5. The van der Waals surface area contributed by atoms with Gasteiger partial charge in [-0.15, -0.1) is 0 Å². The van der Waals surface area contributed by atoms with Gasteiger partial charge in [-0.05, 0) is 77.0 Å². The second-order valence-corrected chi connectivity index (χ2v) is 15.5. The van der Waals surface area contributed by atoms with Gasteiger partial charge in [0.05, 0.1) is 25.2 Å². The summed E-state index contributed by atoms with van der Waals surface area (Å²) >= 11 is 0. The molecule has 0 heterocycles. The van der Waals surface area contributed by atoms with E-state index in [2.05, 4.69) is 86.8 Å². The smallest absolute Gasteiger partial charge is 0.306 e. The third kappa shape index (κ3) is 39.6. The van der Waals surface area contributed by atoms with E-state index in [0.29, 0.717) is 25.7 Å². The molecular weight excluding hydrogens is 719 g/mol. The molecule has 0 aromatic heterocycles. The number of rotatable bonds is 40. The molecule has 0 aliphatic rings. The number of hydrogen-bond donors (Lipinski definition) is 3. The number of amides is 1. The molecular formula is C52H87NO5. The fourth-order valence-corrected chi connectivity index (χ4v) is 6.44. The van der Waals surface area contributed by atoms with Gasteiger partial charge in [-0.2, -0.15) is 0 Å². The Labute approximate surface area is 356 Å². The van der Waals surface area contributed by atoms with Gasteiger partial charge in [-0.3, -0.25) is 9.59 Å². The van der Waals surface area contributed by atoms with Crippen molar-refractivity contribution in [2.75, 3.05) is 6.61 Å². The lowest BCUT2D eigenvalue weighted by atomic mass is 10.0. The highest BCUT2D eigenvalue weighted by molar-refractivity contribution is 5.77. The van der Waals surface area contributed by atoms with Gasteiger partial charge in [0.25, 0.3) is 0 Å². The van der Waals surface area contributed by atoms with Crippen LogP contribution in [0.15, 0.2) is 97.2 Å². The Morgan fingerprint density at radius 3 is 1.59 bits per heavy atom. The third-order valence-electron chi connectivity index (χ3n) is 9.99. The maximum Gasteiger partial charge on any atom is 0.306 e. The highest BCUT2D eigenvalue weighted by Crippen LogP contribution is 2.16. The molecule has 0 aromatic rings. The molecule has 1 amide bonds. The number of aliphatic hydroxyl groups excluding tert-OH is 2. The Balaban J connectivity index is 4.76. The second kappa shape index (κ2) is 44.9. The molecule has 6 nitrogen and oxygen atoms in total. The van der Waals surface area contributed by atoms with Crippen LogP contribution in [0.4, 0.5) is 0 Å². The van der Waals surface area contributed by atoms with Gasteiger partial charge < -0.3 is 20.3 Å². The maximum absolute atomic E-state index is 13.1. The second-order valence-electron chi connectivity index (χ2n) is 15.5. The van der Waals surface area contributed by atoms with E-state index in [4.69, 9.17) is 4.74 Å². The van der Waals surface area contributed by atoms with Crippen LogP contribution in [0.2, 0.25) is 0 Å². The minimum absolute atomic E-state index is 0.00423. The summed E-state index contributed by atoms with van der Waals surface area (Å²) < 4.78 is 5.84. The molecule has 0 bridgehead atoms. The van der Waals surface area contributed by atoms with Crippen LogP contribution in [0.3, 0.4) is 0 Å². The van der Waals surface area contributed by atoms with Gasteiger partial charge in [0, 0.05) is 6.42 Å². The third-order valence-corrected chi connectivity index (χ3v) is 9.99. The van der Waals surface area contributed by atoms with Crippen LogP contribution in [-0.2, 0) is 14.3 Å². The molecule has 330 valence electrons. The van der Waals surface area contributed by atoms with E-state index < -0.39 is 18.2 Å². The van der Waals surface area contributed by atoms with Crippen molar-refractivity contribution in [2.24, 2.45) is 0 Å². The van der Waals surface area contributed by atoms with Gasteiger partial charge >= 0.3 is 5.97 Å². The lowest BCUT2D eigenvalue weighted by Gasteiger charge is -2.24. The number of nitrogens with one attached hydrogen (secondary N) is 1. The minimum Gasteiger partial charge on any atom is -0.462 e. The Hall–Kier alpha value is -3.22. The van der Waals surface area contributed by atoms with Gasteiger partial charge in [-0.1, -0.05) is 201 Å². The van der Waals surface area contributed by atoms with E-state index in [1.807, 2.05) is 36.5 Å². The molecule has 6 heteroatoms. The Kier molecular flexibility index (Phi) is 42.4. The zero-order valence-corrected chi connectivity index (χ0v) is 37.4. The van der Waals surface area contributed by atoms with Gasteiger partial charge in [0.2, 0.25) is 5.91 Å². The van der Waals surface area contributed by atoms with E-state index in [0.717, 1.165) is 64.2 Å². The average molecular weight is 806 g/mol. The molecule has 3 atom stereocenters.